The molecule has 0 atom stereocenters. The number of anilines is 1. The summed E-state index contributed by atoms with van der Waals surface area (Å²) in [5.41, 5.74) is 0.266. The molecule has 0 aliphatic heterocycles. The highest BCUT2D eigenvalue weighted by Crippen LogP contribution is 2.31. The van der Waals surface area contributed by atoms with E-state index in [0.717, 1.165) is 4.47 Å². The zero-order valence-electron chi connectivity index (χ0n) is 10.7. The van der Waals surface area contributed by atoms with Gasteiger partial charge in [-0.25, -0.2) is 8.42 Å². The Morgan fingerprint density at radius 2 is 1.86 bits per heavy atom. The van der Waals surface area contributed by atoms with Crippen molar-refractivity contribution in [3.05, 3.63) is 50.9 Å². The molecule has 8 heteroatoms. The predicted octanol–water partition coefficient (Wildman–Crippen LogP) is 4.57. The molecule has 0 radical (unpaired) electrons. The molecule has 0 aliphatic carbocycles. The Labute approximate surface area is 141 Å². The lowest BCUT2D eigenvalue weighted by Crippen LogP contribution is -2.14. The minimum atomic E-state index is -3.87. The van der Waals surface area contributed by atoms with Gasteiger partial charge in [0.25, 0.3) is 10.0 Å². The topological polar surface area (TPSA) is 55.4 Å². The summed E-state index contributed by atoms with van der Waals surface area (Å²) in [6.07, 6.45) is 0. The van der Waals surface area contributed by atoms with Crippen LogP contribution in [0.1, 0.15) is 0 Å². The van der Waals surface area contributed by atoms with E-state index in [-0.39, 0.29) is 26.4 Å². The van der Waals surface area contributed by atoms with Crippen molar-refractivity contribution in [1.82, 2.24) is 0 Å². The molecule has 0 amide bonds. The first kappa shape index (κ1) is 16.4. The van der Waals surface area contributed by atoms with Crippen LogP contribution < -0.4 is 9.46 Å². The van der Waals surface area contributed by atoms with Gasteiger partial charge in [0.05, 0.1) is 17.8 Å². The van der Waals surface area contributed by atoms with Crippen LogP contribution in [0, 0.1) is 0 Å². The predicted molar refractivity (Wildman–Crippen MR) is 88.0 cm³/mol. The van der Waals surface area contributed by atoms with Crippen molar-refractivity contribution < 1.29 is 13.2 Å². The highest BCUT2D eigenvalue weighted by atomic mass is 79.9. The number of ether oxygens (including phenoxy) is 1. The Morgan fingerprint density at radius 3 is 2.48 bits per heavy atom. The van der Waals surface area contributed by atoms with Gasteiger partial charge < -0.3 is 4.74 Å². The number of methoxy groups -OCH3 is 1. The molecule has 0 fully saturated rings. The first-order valence-corrected chi connectivity index (χ1v) is 8.68. The van der Waals surface area contributed by atoms with Gasteiger partial charge in [-0.05, 0) is 36.4 Å². The average Bonchev–Trinajstić information content (AvgIpc) is 2.42. The molecule has 0 saturated carbocycles. The van der Waals surface area contributed by atoms with E-state index in [4.69, 9.17) is 27.9 Å². The van der Waals surface area contributed by atoms with Crippen LogP contribution in [-0.2, 0) is 10.0 Å². The van der Waals surface area contributed by atoms with E-state index in [1.54, 1.807) is 24.3 Å². The van der Waals surface area contributed by atoms with Crippen LogP contribution >= 0.6 is 39.1 Å². The molecule has 0 aromatic heterocycles. The Hall–Kier alpha value is -0.950. The van der Waals surface area contributed by atoms with E-state index in [1.807, 2.05) is 0 Å². The molecule has 0 unspecified atom stereocenters. The molecule has 0 heterocycles. The molecular weight excluding hydrogens is 401 g/mol. The minimum absolute atomic E-state index is 0.0588. The quantitative estimate of drug-likeness (QED) is 0.803. The van der Waals surface area contributed by atoms with Crippen molar-refractivity contribution in [3.63, 3.8) is 0 Å². The third-order valence-electron chi connectivity index (χ3n) is 2.59. The molecule has 2 aromatic rings. The largest absolute Gasteiger partial charge is 0.495 e. The Bertz CT molecular complexity index is 781. The van der Waals surface area contributed by atoms with Crippen molar-refractivity contribution >= 4 is 54.8 Å². The van der Waals surface area contributed by atoms with Gasteiger partial charge in [0.15, 0.2) is 0 Å². The SMILES string of the molecule is COc1ccc(Cl)cc1S(=O)(=O)Nc1ccc(Br)cc1Cl. The smallest absolute Gasteiger partial charge is 0.265 e. The van der Waals surface area contributed by atoms with E-state index in [9.17, 15) is 8.42 Å². The van der Waals surface area contributed by atoms with Crippen molar-refractivity contribution in [2.24, 2.45) is 0 Å². The Balaban J connectivity index is 2.45. The second-order valence-corrected chi connectivity index (χ2v) is 7.43. The molecule has 112 valence electrons. The van der Waals surface area contributed by atoms with Crippen LogP contribution in [0.15, 0.2) is 45.8 Å². The van der Waals surface area contributed by atoms with Crippen molar-refractivity contribution in [1.29, 1.82) is 0 Å². The normalized spacial score (nSPS) is 11.2. The van der Waals surface area contributed by atoms with Gasteiger partial charge in [-0.15, -0.1) is 0 Å². The van der Waals surface area contributed by atoms with E-state index in [0.29, 0.717) is 0 Å². The zero-order valence-corrected chi connectivity index (χ0v) is 14.6. The van der Waals surface area contributed by atoms with Gasteiger partial charge in [0.2, 0.25) is 0 Å². The number of hydrogen-bond acceptors (Lipinski definition) is 3. The highest BCUT2D eigenvalue weighted by Gasteiger charge is 2.21. The zero-order chi connectivity index (χ0) is 15.6. The number of benzene rings is 2. The van der Waals surface area contributed by atoms with Gasteiger partial charge in [-0.1, -0.05) is 39.1 Å². The number of halogens is 3. The first-order valence-electron chi connectivity index (χ1n) is 5.65. The van der Waals surface area contributed by atoms with Gasteiger partial charge in [-0.2, -0.15) is 0 Å². The molecule has 0 aliphatic rings. The summed E-state index contributed by atoms with van der Waals surface area (Å²) >= 11 is 15.1. The maximum absolute atomic E-state index is 12.5. The van der Waals surface area contributed by atoms with Crippen LogP contribution in [0.4, 0.5) is 5.69 Å². The van der Waals surface area contributed by atoms with Crippen molar-refractivity contribution in [2.45, 2.75) is 4.90 Å². The van der Waals surface area contributed by atoms with E-state index in [2.05, 4.69) is 20.7 Å². The second kappa shape index (κ2) is 6.44. The molecule has 0 saturated heterocycles. The fraction of sp³-hybridized carbons (Fsp3) is 0.0769. The molecule has 4 nitrogen and oxygen atoms in total. The van der Waals surface area contributed by atoms with Gasteiger partial charge >= 0.3 is 0 Å². The lowest BCUT2D eigenvalue weighted by atomic mass is 10.3. The monoisotopic (exact) mass is 409 g/mol. The molecule has 2 aromatic carbocycles. The molecule has 0 bridgehead atoms. The average molecular weight is 411 g/mol. The molecule has 21 heavy (non-hydrogen) atoms. The highest BCUT2D eigenvalue weighted by molar-refractivity contribution is 9.10. The van der Waals surface area contributed by atoms with Crippen LogP contribution in [0.3, 0.4) is 0 Å². The van der Waals surface area contributed by atoms with Gasteiger partial charge in [0, 0.05) is 9.50 Å². The fourth-order valence-electron chi connectivity index (χ4n) is 1.63. The van der Waals surface area contributed by atoms with Crippen molar-refractivity contribution in [3.8, 4) is 5.75 Å². The van der Waals surface area contributed by atoms with Crippen LogP contribution in [-0.4, -0.2) is 15.5 Å². The number of sulfonamides is 1. The molecule has 1 N–H and O–H groups in total. The third-order valence-corrected chi connectivity index (χ3v) is 5.02. The summed E-state index contributed by atoms with van der Waals surface area (Å²) in [5, 5.41) is 0.562. The van der Waals surface area contributed by atoms with Crippen LogP contribution in [0.2, 0.25) is 10.0 Å². The third kappa shape index (κ3) is 3.83. The van der Waals surface area contributed by atoms with E-state index in [1.165, 1.54) is 19.2 Å². The van der Waals surface area contributed by atoms with Crippen molar-refractivity contribution in [2.75, 3.05) is 11.8 Å². The Morgan fingerprint density at radius 1 is 1.14 bits per heavy atom. The summed E-state index contributed by atoms with van der Waals surface area (Å²) in [5.74, 6) is 0.195. The molecule has 0 spiro atoms. The number of nitrogens with one attached hydrogen (secondary N) is 1. The number of rotatable bonds is 4. The summed E-state index contributed by atoms with van der Waals surface area (Å²) in [6.45, 7) is 0. The van der Waals surface area contributed by atoms with Crippen LogP contribution in [0.25, 0.3) is 0 Å². The maximum Gasteiger partial charge on any atom is 0.265 e. The first-order chi connectivity index (χ1) is 9.83. The summed E-state index contributed by atoms with van der Waals surface area (Å²) < 4.78 is 33.1. The van der Waals surface area contributed by atoms with Gasteiger partial charge in [0.1, 0.15) is 10.6 Å². The summed E-state index contributed by atoms with van der Waals surface area (Å²) in [7, 11) is -2.49. The number of hydrogen-bond donors (Lipinski definition) is 1. The molecular formula is C13H10BrCl2NO3S. The lowest BCUT2D eigenvalue weighted by molar-refractivity contribution is 0.403. The standard InChI is InChI=1S/C13H10BrCl2NO3S/c1-20-12-5-3-9(15)7-13(12)21(18,19)17-11-4-2-8(14)6-10(11)16/h2-7,17H,1H3. The van der Waals surface area contributed by atoms with E-state index < -0.39 is 10.0 Å². The van der Waals surface area contributed by atoms with Crippen LogP contribution in [0.5, 0.6) is 5.75 Å². The molecule has 2 rings (SSSR count). The lowest BCUT2D eigenvalue weighted by Gasteiger charge is -2.13. The minimum Gasteiger partial charge on any atom is -0.495 e. The van der Waals surface area contributed by atoms with E-state index >= 15 is 0 Å². The fourth-order valence-corrected chi connectivity index (χ4v) is 3.92. The summed E-state index contributed by atoms with van der Waals surface area (Å²) in [6, 6.07) is 9.18. The maximum atomic E-state index is 12.5. The van der Waals surface area contributed by atoms with Gasteiger partial charge in [-0.3, -0.25) is 4.72 Å². The Kier molecular flexibility index (Phi) is 5.03. The second-order valence-electron chi connectivity index (χ2n) is 4.02. The summed E-state index contributed by atoms with van der Waals surface area (Å²) in [4.78, 5) is -0.0588.